The molecule has 7 heteroatoms. The molecule has 0 saturated heterocycles. The predicted octanol–water partition coefficient (Wildman–Crippen LogP) is 0.653. The third-order valence-corrected chi connectivity index (χ3v) is 3.08. The zero-order valence-corrected chi connectivity index (χ0v) is 13.1. The maximum atomic E-state index is 11.6. The SMILES string of the molecule is CNC(=O)CNC(=O)COC(=O)/C=C/c1ccc2ccccc2n1. The first-order valence-electron chi connectivity index (χ1n) is 7.26. The van der Waals surface area contributed by atoms with Crippen molar-refractivity contribution in [3.05, 3.63) is 48.2 Å². The lowest BCUT2D eigenvalue weighted by Crippen LogP contribution is -2.37. The summed E-state index contributed by atoms with van der Waals surface area (Å²) in [6.07, 6.45) is 2.71. The summed E-state index contributed by atoms with van der Waals surface area (Å²) in [6.45, 7) is -0.616. The quantitative estimate of drug-likeness (QED) is 0.600. The van der Waals surface area contributed by atoms with Gasteiger partial charge in [-0.05, 0) is 18.2 Å². The van der Waals surface area contributed by atoms with Gasteiger partial charge in [-0.25, -0.2) is 9.78 Å². The van der Waals surface area contributed by atoms with Crippen LogP contribution in [-0.2, 0) is 19.1 Å². The lowest BCUT2D eigenvalue weighted by Gasteiger charge is -2.04. The Hall–Kier alpha value is -3.22. The largest absolute Gasteiger partial charge is 0.452 e. The second-order valence-corrected chi connectivity index (χ2v) is 4.82. The molecular weight excluding hydrogens is 310 g/mol. The highest BCUT2D eigenvalue weighted by molar-refractivity contribution is 5.90. The van der Waals surface area contributed by atoms with Crippen molar-refractivity contribution < 1.29 is 19.1 Å². The molecule has 1 heterocycles. The van der Waals surface area contributed by atoms with Gasteiger partial charge in [0.25, 0.3) is 5.91 Å². The number of hydrogen-bond acceptors (Lipinski definition) is 5. The molecule has 2 aromatic rings. The lowest BCUT2D eigenvalue weighted by atomic mass is 10.2. The zero-order chi connectivity index (χ0) is 17.4. The van der Waals surface area contributed by atoms with E-state index in [1.807, 2.05) is 30.3 Å². The van der Waals surface area contributed by atoms with Gasteiger partial charge < -0.3 is 15.4 Å². The van der Waals surface area contributed by atoms with Gasteiger partial charge in [0.15, 0.2) is 6.61 Å². The van der Waals surface area contributed by atoms with Crippen molar-refractivity contribution in [3.8, 4) is 0 Å². The summed E-state index contributed by atoms with van der Waals surface area (Å²) in [6, 6.07) is 11.3. The Morgan fingerprint density at radius 3 is 2.71 bits per heavy atom. The number of rotatable bonds is 6. The van der Waals surface area contributed by atoms with E-state index in [0.717, 1.165) is 10.9 Å². The smallest absolute Gasteiger partial charge is 0.331 e. The molecule has 0 saturated carbocycles. The number of hydrogen-bond donors (Lipinski definition) is 2. The molecule has 0 spiro atoms. The summed E-state index contributed by atoms with van der Waals surface area (Å²) in [5.74, 6) is -1.55. The van der Waals surface area contributed by atoms with E-state index >= 15 is 0 Å². The van der Waals surface area contributed by atoms with Crippen molar-refractivity contribution in [3.63, 3.8) is 0 Å². The van der Waals surface area contributed by atoms with E-state index in [2.05, 4.69) is 15.6 Å². The van der Waals surface area contributed by atoms with Crippen LogP contribution in [0.15, 0.2) is 42.5 Å². The molecule has 2 amide bonds. The standard InChI is InChI=1S/C17H17N3O4/c1-18-15(21)10-19-16(22)11-24-17(23)9-8-13-7-6-12-4-2-3-5-14(12)20-13/h2-9H,10-11H2,1H3,(H,18,21)(H,19,22)/b9-8+. The van der Waals surface area contributed by atoms with Gasteiger partial charge in [-0.1, -0.05) is 24.3 Å². The molecule has 0 atom stereocenters. The first-order valence-corrected chi connectivity index (χ1v) is 7.26. The molecule has 2 rings (SSSR count). The zero-order valence-electron chi connectivity index (χ0n) is 13.1. The van der Waals surface area contributed by atoms with Crippen LogP contribution in [-0.4, -0.2) is 43.0 Å². The van der Waals surface area contributed by atoms with Gasteiger partial charge in [0, 0.05) is 18.5 Å². The summed E-state index contributed by atoms with van der Waals surface area (Å²) >= 11 is 0. The van der Waals surface area contributed by atoms with Gasteiger partial charge in [0.2, 0.25) is 5.91 Å². The molecule has 0 aliphatic rings. The molecule has 0 fully saturated rings. The van der Waals surface area contributed by atoms with Crippen LogP contribution in [0.4, 0.5) is 0 Å². The fraction of sp³-hybridized carbons (Fsp3) is 0.176. The fourth-order valence-corrected chi connectivity index (χ4v) is 1.83. The predicted molar refractivity (Wildman–Crippen MR) is 88.8 cm³/mol. The molecule has 0 unspecified atom stereocenters. The van der Waals surface area contributed by atoms with E-state index in [1.54, 1.807) is 6.07 Å². The number of nitrogens with one attached hydrogen (secondary N) is 2. The molecule has 0 radical (unpaired) electrons. The number of amides is 2. The number of nitrogens with zero attached hydrogens (tertiary/aromatic N) is 1. The summed E-state index contributed by atoms with van der Waals surface area (Å²) in [5.41, 5.74) is 1.43. The van der Waals surface area contributed by atoms with Crippen LogP contribution in [0, 0.1) is 0 Å². The topological polar surface area (TPSA) is 97.4 Å². The number of para-hydroxylation sites is 1. The third kappa shape index (κ3) is 5.20. The molecule has 0 bridgehead atoms. The Balaban J connectivity index is 1.83. The Kier molecular flexibility index (Phi) is 6.01. The van der Waals surface area contributed by atoms with Crippen molar-refractivity contribution in [2.45, 2.75) is 0 Å². The first kappa shape index (κ1) is 17.1. The van der Waals surface area contributed by atoms with Crippen LogP contribution in [0.3, 0.4) is 0 Å². The minimum atomic E-state index is -0.667. The van der Waals surface area contributed by atoms with Crippen LogP contribution in [0.1, 0.15) is 5.69 Å². The van der Waals surface area contributed by atoms with E-state index < -0.39 is 18.5 Å². The van der Waals surface area contributed by atoms with Crippen LogP contribution in [0.25, 0.3) is 17.0 Å². The molecule has 1 aromatic carbocycles. The Morgan fingerprint density at radius 1 is 1.12 bits per heavy atom. The van der Waals surface area contributed by atoms with Gasteiger partial charge in [-0.3, -0.25) is 9.59 Å². The molecule has 0 aliphatic heterocycles. The molecule has 124 valence electrons. The fourth-order valence-electron chi connectivity index (χ4n) is 1.83. The van der Waals surface area contributed by atoms with Gasteiger partial charge in [-0.15, -0.1) is 0 Å². The molecule has 7 nitrogen and oxygen atoms in total. The number of carbonyl (C=O) groups is 3. The van der Waals surface area contributed by atoms with Crippen molar-refractivity contribution in [2.24, 2.45) is 0 Å². The van der Waals surface area contributed by atoms with Crippen LogP contribution >= 0.6 is 0 Å². The van der Waals surface area contributed by atoms with E-state index in [0.29, 0.717) is 5.69 Å². The van der Waals surface area contributed by atoms with Gasteiger partial charge >= 0.3 is 5.97 Å². The normalized spacial score (nSPS) is 10.5. The van der Waals surface area contributed by atoms with Gasteiger partial charge in [-0.2, -0.15) is 0 Å². The molecule has 0 aliphatic carbocycles. The Bertz CT molecular complexity index is 786. The minimum absolute atomic E-state index is 0.163. The van der Waals surface area contributed by atoms with Crippen molar-refractivity contribution in [2.75, 3.05) is 20.2 Å². The number of carbonyl (C=O) groups excluding carboxylic acids is 3. The first-order chi connectivity index (χ1) is 11.6. The van der Waals surface area contributed by atoms with E-state index in [9.17, 15) is 14.4 Å². The highest BCUT2D eigenvalue weighted by atomic mass is 16.5. The van der Waals surface area contributed by atoms with Crippen LogP contribution in [0.5, 0.6) is 0 Å². The highest BCUT2D eigenvalue weighted by Crippen LogP contribution is 2.12. The number of likely N-dealkylation sites (N-methyl/N-ethyl adjacent to an activating group) is 1. The Morgan fingerprint density at radius 2 is 1.92 bits per heavy atom. The number of pyridine rings is 1. The average Bonchev–Trinajstić information content (AvgIpc) is 2.62. The molecule has 2 N–H and O–H groups in total. The summed E-state index contributed by atoms with van der Waals surface area (Å²) in [5, 5.41) is 5.68. The van der Waals surface area contributed by atoms with E-state index in [-0.39, 0.29) is 12.5 Å². The number of esters is 1. The van der Waals surface area contributed by atoms with E-state index in [4.69, 9.17) is 4.74 Å². The Labute approximate surface area is 138 Å². The van der Waals surface area contributed by atoms with Crippen molar-refractivity contribution >= 4 is 34.8 Å². The van der Waals surface area contributed by atoms with Crippen LogP contribution in [0.2, 0.25) is 0 Å². The maximum Gasteiger partial charge on any atom is 0.331 e. The average molecular weight is 327 g/mol. The number of ether oxygens (including phenoxy) is 1. The summed E-state index contributed by atoms with van der Waals surface area (Å²) < 4.78 is 4.78. The van der Waals surface area contributed by atoms with Gasteiger partial charge in [0.1, 0.15) is 0 Å². The van der Waals surface area contributed by atoms with Crippen molar-refractivity contribution in [1.82, 2.24) is 15.6 Å². The molecule has 24 heavy (non-hydrogen) atoms. The lowest BCUT2D eigenvalue weighted by molar-refractivity contribution is -0.143. The molecule has 1 aromatic heterocycles. The maximum absolute atomic E-state index is 11.6. The van der Waals surface area contributed by atoms with Gasteiger partial charge in [0.05, 0.1) is 17.8 Å². The van der Waals surface area contributed by atoms with Crippen LogP contribution < -0.4 is 10.6 Å². The van der Waals surface area contributed by atoms with Crippen molar-refractivity contribution in [1.29, 1.82) is 0 Å². The summed E-state index contributed by atoms with van der Waals surface area (Å²) in [4.78, 5) is 38.3. The second-order valence-electron chi connectivity index (χ2n) is 4.82. The monoisotopic (exact) mass is 327 g/mol. The third-order valence-electron chi connectivity index (χ3n) is 3.08. The highest BCUT2D eigenvalue weighted by Gasteiger charge is 2.06. The minimum Gasteiger partial charge on any atom is -0.452 e. The number of benzene rings is 1. The second kappa shape index (κ2) is 8.42. The number of aromatic nitrogens is 1. The molecular formula is C17H17N3O4. The summed E-state index contributed by atoms with van der Waals surface area (Å²) in [7, 11) is 1.46. The van der Waals surface area contributed by atoms with E-state index in [1.165, 1.54) is 19.2 Å². The number of fused-ring (bicyclic) bond motifs is 1.